The third-order valence-electron chi connectivity index (χ3n) is 4.03. The van der Waals surface area contributed by atoms with Crippen LogP contribution in [0.4, 0.5) is 10.1 Å². The molecule has 0 saturated heterocycles. The first-order chi connectivity index (χ1) is 13.8. The highest BCUT2D eigenvalue weighted by molar-refractivity contribution is 6.36. The van der Waals surface area contributed by atoms with Gasteiger partial charge in [-0.25, -0.2) is 9.37 Å². The number of hydrogen-bond donors (Lipinski definition) is 1. The van der Waals surface area contributed by atoms with Gasteiger partial charge in [-0.3, -0.25) is 9.48 Å². The molecule has 0 saturated carbocycles. The summed E-state index contributed by atoms with van der Waals surface area (Å²) in [6.07, 6.45) is 3.84. The van der Waals surface area contributed by atoms with Crippen LogP contribution < -0.4 is 14.8 Å². The first kappa shape index (κ1) is 20.9. The van der Waals surface area contributed by atoms with Gasteiger partial charge in [-0.15, -0.1) is 0 Å². The highest BCUT2D eigenvalue weighted by atomic mass is 35.5. The Kier molecular flexibility index (Phi) is 6.24. The Labute approximate surface area is 176 Å². The van der Waals surface area contributed by atoms with E-state index >= 15 is 0 Å². The molecule has 0 fully saturated rings. The lowest BCUT2D eigenvalue weighted by Crippen LogP contribution is -2.14. The third kappa shape index (κ3) is 4.60. The highest BCUT2D eigenvalue weighted by Gasteiger charge is 2.21. The van der Waals surface area contributed by atoms with Crippen LogP contribution in [-0.4, -0.2) is 27.8 Å². The lowest BCUT2D eigenvalue weighted by Gasteiger charge is -2.18. The Morgan fingerprint density at radius 3 is 2.72 bits per heavy atom. The SMILES string of the molecule is COc1ncc(O[C@H](C)c2c(Cl)ccc(F)c2Cl)cc1C(=O)Nc1cnn(C)c1. The number of aryl methyl sites for hydroxylation is 1. The van der Waals surface area contributed by atoms with Gasteiger partial charge in [-0.1, -0.05) is 23.2 Å². The molecule has 2 heterocycles. The molecule has 29 heavy (non-hydrogen) atoms. The maximum Gasteiger partial charge on any atom is 0.261 e. The Hall–Kier alpha value is -2.84. The van der Waals surface area contributed by atoms with E-state index in [0.29, 0.717) is 11.3 Å². The van der Waals surface area contributed by atoms with Crippen LogP contribution in [0.3, 0.4) is 0 Å². The van der Waals surface area contributed by atoms with Crippen molar-refractivity contribution in [1.29, 1.82) is 0 Å². The van der Waals surface area contributed by atoms with Crippen molar-refractivity contribution >= 4 is 34.8 Å². The highest BCUT2D eigenvalue weighted by Crippen LogP contribution is 2.35. The summed E-state index contributed by atoms with van der Waals surface area (Å²) in [5.74, 6) is -0.688. The molecule has 0 spiro atoms. The Morgan fingerprint density at radius 2 is 2.07 bits per heavy atom. The molecule has 0 aliphatic carbocycles. The van der Waals surface area contributed by atoms with Crippen molar-refractivity contribution in [2.45, 2.75) is 13.0 Å². The van der Waals surface area contributed by atoms with Crippen molar-refractivity contribution in [1.82, 2.24) is 14.8 Å². The smallest absolute Gasteiger partial charge is 0.261 e. The van der Waals surface area contributed by atoms with Gasteiger partial charge in [-0.05, 0) is 25.1 Å². The van der Waals surface area contributed by atoms with Gasteiger partial charge in [-0.2, -0.15) is 5.10 Å². The van der Waals surface area contributed by atoms with Crippen molar-refractivity contribution < 1.29 is 18.7 Å². The molecule has 1 aromatic carbocycles. The average molecular weight is 439 g/mol. The summed E-state index contributed by atoms with van der Waals surface area (Å²) in [7, 11) is 3.13. The van der Waals surface area contributed by atoms with Crippen molar-refractivity contribution in [3.63, 3.8) is 0 Å². The van der Waals surface area contributed by atoms with E-state index in [9.17, 15) is 9.18 Å². The molecule has 1 atom stereocenters. The maximum absolute atomic E-state index is 13.8. The standard InChI is InChI=1S/C19H17Cl2FN4O3/c1-10(16-14(20)4-5-15(22)17(16)21)29-12-6-13(19(28-3)23-8-12)18(27)25-11-7-24-26(2)9-11/h4-10H,1-3H3,(H,25,27)/t10-/m1/s1. The molecular weight excluding hydrogens is 422 g/mol. The zero-order valence-corrected chi connectivity index (χ0v) is 17.3. The number of carbonyl (C=O) groups is 1. The summed E-state index contributed by atoms with van der Waals surface area (Å²) in [5, 5.41) is 6.84. The summed E-state index contributed by atoms with van der Waals surface area (Å²) < 4.78 is 26.3. The van der Waals surface area contributed by atoms with E-state index in [1.54, 1.807) is 24.9 Å². The van der Waals surface area contributed by atoms with Gasteiger partial charge >= 0.3 is 0 Å². The van der Waals surface area contributed by atoms with Crippen LogP contribution in [0.2, 0.25) is 10.0 Å². The molecular formula is C19H17Cl2FN4O3. The van der Waals surface area contributed by atoms with Gasteiger partial charge in [0.1, 0.15) is 23.2 Å². The van der Waals surface area contributed by atoms with Crippen LogP contribution in [-0.2, 0) is 7.05 Å². The van der Waals surface area contributed by atoms with Crippen LogP contribution in [0.15, 0.2) is 36.8 Å². The molecule has 10 heteroatoms. The zero-order valence-electron chi connectivity index (χ0n) is 15.7. The second-order valence-corrected chi connectivity index (χ2v) is 6.89. The number of carbonyl (C=O) groups excluding carboxylic acids is 1. The summed E-state index contributed by atoms with van der Waals surface area (Å²) in [5.41, 5.74) is 0.959. The number of rotatable bonds is 6. The Bertz CT molecular complexity index is 1060. The second kappa shape index (κ2) is 8.67. The Balaban J connectivity index is 1.87. The molecule has 1 N–H and O–H groups in total. The quantitative estimate of drug-likeness (QED) is 0.566. The molecule has 0 aliphatic rings. The van der Waals surface area contributed by atoms with E-state index in [2.05, 4.69) is 15.4 Å². The van der Waals surface area contributed by atoms with Gasteiger partial charge < -0.3 is 14.8 Å². The monoisotopic (exact) mass is 438 g/mol. The number of halogens is 3. The number of amides is 1. The van der Waals surface area contributed by atoms with Gasteiger partial charge in [0.15, 0.2) is 0 Å². The number of benzene rings is 1. The molecule has 0 bridgehead atoms. The van der Waals surface area contributed by atoms with E-state index in [1.807, 2.05) is 0 Å². The largest absolute Gasteiger partial charge is 0.484 e. The fourth-order valence-electron chi connectivity index (χ4n) is 2.69. The molecule has 0 aliphatic heterocycles. The molecule has 0 radical (unpaired) electrons. The molecule has 2 aromatic heterocycles. The number of pyridine rings is 1. The fourth-order valence-corrected chi connectivity index (χ4v) is 3.36. The van der Waals surface area contributed by atoms with E-state index in [4.69, 9.17) is 32.7 Å². The van der Waals surface area contributed by atoms with E-state index < -0.39 is 17.8 Å². The maximum atomic E-state index is 13.8. The van der Waals surface area contributed by atoms with E-state index in [1.165, 1.54) is 37.7 Å². The minimum Gasteiger partial charge on any atom is -0.484 e. The molecule has 152 valence electrons. The molecule has 0 unspecified atom stereocenters. The number of hydrogen-bond acceptors (Lipinski definition) is 5. The zero-order chi connectivity index (χ0) is 21.1. The number of nitrogens with zero attached hydrogens (tertiary/aromatic N) is 3. The first-order valence-corrected chi connectivity index (χ1v) is 9.19. The van der Waals surface area contributed by atoms with E-state index in [0.717, 1.165) is 0 Å². The Morgan fingerprint density at radius 1 is 1.31 bits per heavy atom. The van der Waals surface area contributed by atoms with Crippen molar-refractivity contribution in [3.8, 4) is 11.6 Å². The lowest BCUT2D eigenvalue weighted by atomic mass is 10.1. The number of ether oxygens (including phenoxy) is 2. The van der Waals surface area contributed by atoms with Crippen LogP contribution >= 0.6 is 23.2 Å². The average Bonchev–Trinajstić information content (AvgIpc) is 3.09. The van der Waals surface area contributed by atoms with Crippen molar-refractivity contribution in [2.24, 2.45) is 7.05 Å². The summed E-state index contributed by atoms with van der Waals surface area (Å²) >= 11 is 12.2. The summed E-state index contributed by atoms with van der Waals surface area (Å²) in [6.45, 7) is 1.66. The summed E-state index contributed by atoms with van der Waals surface area (Å²) in [6, 6.07) is 4.04. The van der Waals surface area contributed by atoms with Gasteiger partial charge in [0.25, 0.3) is 5.91 Å². The fraction of sp³-hybridized carbons (Fsp3) is 0.211. The third-order valence-corrected chi connectivity index (χ3v) is 4.74. The van der Waals surface area contributed by atoms with Gasteiger partial charge in [0.2, 0.25) is 5.88 Å². The summed E-state index contributed by atoms with van der Waals surface area (Å²) in [4.78, 5) is 16.8. The number of nitrogens with one attached hydrogen (secondary N) is 1. The van der Waals surface area contributed by atoms with Crippen LogP contribution in [0.5, 0.6) is 11.6 Å². The molecule has 7 nitrogen and oxygen atoms in total. The minimum atomic E-state index is -0.699. The van der Waals surface area contributed by atoms with Crippen LogP contribution in [0.25, 0.3) is 0 Å². The molecule has 3 aromatic rings. The van der Waals surface area contributed by atoms with Crippen molar-refractivity contribution in [3.05, 3.63) is 63.8 Å². The topological polar surface area (TPSA) is 78.3 Å². The number of aromatic nitrogens is 3. The van der Waals surface area contributed by atoms with E-state index in [-0.39, 0.29) is 27.2 Å². The van der Waals surface area contributed by atoms with Crippen LogP contribution in [0, 0.1) is 5.82 Å². The number of methoxy groups -OCH3 is 1. The second-order valence-electron chi connectivity index (χ2n) is 6.10. The predicted molar refractivity (Wildman–Crippen MR) is 107 cm³/mol. The molecule has 1 amide bonds. The van der Waals surface area contributed by atoms with Gasteiger partial charge in [0.05, 0.1) is 30.2 Å². The van der Waals surface area contributed by atoms with Gasteiger partial charge in [0, 0.05) is 23.8 Å². The lowest BCUT2D eigenvalue weighted by molar-refractivity contribution is 0.102. The first-order valence-electron chi connectivity index (χ1n) is 8.44. The van der Waals surface area contributed by atoms with Crippen LogP contribution in [0.1, 0.15) is 28.9 Å². The van der Waals surface area contributed by atoms with Crippen molar-refractivity contribution in [2.75, 3.05) is 12.4 Å². The molecule has 3 rings (SSSR count). The minimum absolute atomic E-state index is 0.119. The normalized spacial score (nSPS) is 11.8. The number of anilines is 1. The predicted octanol–water partition coefficient (Wildman–Crippen LogP) is 4.66.